The van der Waals surface area contributed by atoms with Gasteiger partial charge in [-0.1, -0.05) is 17.4 Å². The third-order valence-corrected chi connectivity index (χ3v) is 4.47. The summed E-state index contributed by atoms with van der Waals surface area (Å²) in [6.45, 7) is 4.15. The number of carbonyl (C=O) groups is 1. The average Bonchev–Trinajstić information content (AvgIpc) is 3.11. The summed E-state index contributed by atoms with van der Waals surface area (Å²) in [5.74, 6) is -0.422. The van der Waals surface area contributed by atoms with Crippen LogP contribution in [0.5, 0.6) is 0 Å². The fourth-order valence-corrected chi connectivity index (χ4v) is 3.36. The monoisotopic (exact) mass is 343 g/mol. The van der Waals surface area contributed by atoms with Gasteiger partial charge in [0.1, 0.15) is 5.69 Å². The quantitative estimate of drug-likeness (QED) is 0.412. The highest BCUT2D eigenvalue weighted by Gasteiger charge is 2.13. The number of aromatic nitrogens is 3. The highest BCUT2D eigenvalue weighted by molar-refractivity contribution is 7.16. The molecule has 3 rings (SSSR count). The molecule has 24 heavy (non-hydrogen) atoms. The van der Waals surface area contributed by atoms with Gasteiger partial charge in [-0.05, 0) is 12.1 Å². The van der Waals surface area contributed by atoms with E-state index in [1.165, 1.54) is 34.3 Å². The highest BCUT2D eigenvalue weighted by Crippen LogP contribution is 2.23. The number of amides is 1. The zero-order chi connectivity index (χ0) is 17.3. The van der Waals surface area contributed by atoms with Gasteiger partial charge in [0, 0.05) is 31.9 Å². The van der Waals surface area contributed by atoms with Crippen LogP contribution in [0.4, 0.5) is 5.69 Å². The number of allylic oxidation sites excluding steroid dienone is 1. The lowest BCUT2D eigenvalue weighted by Crippen LogP contribution is -2.17. The first-order chi connectivity index (χ1) is 11.5. The molecule has 0 atom stereocenters. The minimum atomic E-state index is -0.450. The first kappa shape index (κ1) is 15.8. The minimum Gasteiger partial charge on any atom is -0.312 e. The van der Waals surface area contributed by atoms with Gasteiger partial charge >= 0.3 is 0 Å². The standard InChI is InChI=1S/C15H13N5O3S/c1-3-8-19-11-5-4-10(20(22)23)9-13(11)24-15(19)17-14(21)12-6-7-16-18(12)2/h3-7,9H,1,8H2,2H3. The number of nitro groups is 1. The van der Waals surface area contributed by atoms with E-state index in [-0.39, 0.29) is 5.69 Å². The molecule has 8 nitrogen and oxygen atoms in total. The van der Waals surface area contributed by atoms with Crippen LogP contribution >= 0.6 is 11.3 Å². The number of nitro benzene ring substituents is 1. The van der Waals surface area contributed by atoms with Crippen molar-refractivity contribution in [2.45, 2.75) is 6.54 Å². The van der Waals surface area contributed by atoms with E-state index in [0.29, 0.717) is 21.7 Å². The van der Waals surface area contributed by atoms with E-state index >= 15 is 0 Å². The molecular formula is C15H13N5O3S. The molecule has 0 aliphatic heterocycles. The Bertz CT molecular complexity index is 1030. The van der Waals surface area contributed by atoms with E-state index in [0.717, 1.165) is 5.52 Å². The van der Waals surface area contributed by atoms with Gasteiger partial charge in [-0.2, -0.15) is 10.1 Å². The van der Waals surface area contributed by atoms with Crippen LogP contribution in [-0.4, -0.2) is 25.2 Å². The van der Waals surface area contributed by atoms with Gasteiger partial charge in [0.15, 0.2) is 4.80 Å². The SMILES string of the molecule is C=CCn1c(=NC(=O)c2ccnn2C)sc2cc([N+](=O)[O-])ccc21. The molecule has 122 valence electrons. The molecule has 9 heteroatoms. The lowest BCUT2D eigenvalue weighted by molar-refractivity contribution is -0.384. The molecule has 0 N–H and O–H groups in total. The van der Waals surface area contributed by atoms with Crippen molar-refractivity contribution in [1.82, 2.24) is 14.3 Å². The summed E-state index contributed by atoms with van der Waals surface area (Å²) in [6, 6.07) is 6.15. The van der Waals surface area contributed by atoms with Crippen molar-refractivity contribution < 1.29 is 9.72 Å². The van der Waals surface area contributed by atoms with Crippen molar-refractivity contribution in [2.24, 2.45) is 12.0 Å². The molecule has 0 aliphatic rings. The number of non-ortho nitro benzene ring substituents is 1. The number of thiazole rings is 1. The van der Waals surface area contributed by atoms with Gasteiger partial charge in [-0.3, -0.25) is 19.6 Å². The molecule has 1 amide bonds. The molecule has 0 bridgehead atoms. The number of hydrogen-bond acceptors (Lipinski definition) is 5. The Labute approximate surface area is 140 Å². The Kier molecular flexibility index (Phi) is 4.09. The van der Waals surface area contributed by atoms with Crippen LogP contribution < -0.4 is 4.80 Å². The number of benzene rings is 1. The van der Waals surface area contributed by atoms with Crippen LogP contribution in [0.15, 0.2) is 48.1 Å². The summed E-state index contributed by atoms with van der Waals surface area (Å²) in [7, 11) is 1.66. The Morgan fingerprint density at radius 3 is 2.92 bits per heavy atom. The predicted octanol–water partition coefficient (Wildman–Crippen LogP) is 2.27. The van der Waals surface area contributed by atoms with Crippen LogP contribution in [0.3, 0.4) is 0 Å². The molecule has 2 heterocycles. The van der Waals surface area contributed by atoms with Crippen molar-refractivity contribution in [1.29, 1.82) is 0 Å². The zero-order valence-electron chi connectivity index (χ0n) is 12.7. The van der Waals surface area contributed by atoms with Gasteiger partial charge in [0.25, 0.3) is 11.6 Å². The number of rotatable bonds is 4. The Hall–Kier alpha value is -3.07. The third-order valence-electron chi connectivity index (χ3n) is 3.43. The lowest BCUT2D eigenvalue weighted by Gasteiger charge is -2.00. The average molecular weight is 343 g/mol. The normalized spacial score (nSPS) is 11.8. The molecule has 0 aliphatic carbocycles. The maximum atomic E-state index is 12.3. The van der Waals surface area contributed by atoms with Crippen molar-refractivity contribution in [3.8, 4) is 0 Å². The Morgan fingerprint density at radius 1 is 1.50 bits per heavy atom. The molecule has 3 aromatic rings. The summed E-state index contributed by atoms with van der Waals surface area (Å²) < 4.78 is 3.93. The molecule has 0 radical (unpaired) electrons. The van der Waals surface area contributed by atoms with Gasteiger partial charge in [0.2, 0.25) is 0 Å². The van der Waals surface area contributed by atoms with Gasteiger partial charge < -0.3 is 4.57 Å². The summed E-state index contributed by atoms with van der Waals surface area (Å²) >= 11 is 1.22. The van der Waals surface area contributed by atoms with Crippen molar-refractivity contribution in [2.75, 3.05) is 0 Å². The number of fused-ring (bicyclic) bond motifs is 1. The maximum Gasteiger partial charge on any atom is 0.297 e. The molecule has 2 aromatic heterocycles. The van der Waals surface area contributed by atoms with Crippen molar-refractivity contribution in [3.05, 3.63) is 63.7 Å². The Morgan fingerprint density at radius 2 is 2.29 bits per heavy atom. The second kappa shape index (κ2) is 6.20. The topological polar surface area (TPSA) is 95.3 Å². The van der Waals surface area contributed by atoms with Crippen molar-refractivity contribution in [3.63, 3.8) is 0 Å². The second-order valence-corrected chi connectivity index (χ2v) is 5.96. The van der Waals surface area contributed by atoms with E-state index in [2.05, 4.69) is 16.7 Å². The van der Waals surface area contributed by atoms with Gasteiger partial charge in [0.05, 0.1) is 15.1 Å². The molecule has 0 fully saturated rings. The summed E-state index contributed by atoms with van der Waals surface area (Å²) in [4.78, 5) is 27.4. The lowest BCUT2D eigenvalue weighted by atomic mass is 10.3. The molecular weight excluding hydrogens is 330 g/mol. The Balaban J connectivity index is 2.19. The van der Waals surface area contributed by atoms with Gasteiger partial charge in [-0.25, -0.2) is 0 Å². The number of aryl methyl sites for hydroxylation is 1. The number of hydrogen-bond donors (Lipinski definition) is 0. The second-order valence-electron chi connectivity index (χ2n) is 4.95. The highest BCUT2D eigenvalue weighted by atomic mass is 32.1. The zero-order valence-corrected chi connectivity index (χ0v) is 13.6. The molecule has 0 spiro atoms. The van der Waals surface area contributed by atoms with Crippen LogP contribution in [0, 0.1) is 10.1 Å². The first-order valence-corrected chi connectivity index (χ1v) is 7.78. The minimum absolute atomic E-state index is 0.000913. The third kappa shape index (κ3) is 2.76. The summed E-state index contributed by atoms with van der Waals surface area (Å²) in [5.41, 5.74) is 1.13. The van der Waals surface area contributed by atoms with Crippen LogP contribution in [0.2, 0.25) is 0 Å². The molecule has 0 saturated carbocycles. The van der Waals surface area contributed by atoms with Crippen LogP contribution in [0.25, 0.3) is 10.2 Å². The molecule has 0 saturated heterocycles. The van der Waals surface area contributed by atoms with Crippen LogP contribution in [-0.2, 0) is 13.6 Å². The largest absolute Gasteiger partial charge is 0.312 e. The fraction of sp³-hybridized carbons (Fsp3) is 0.133. The predicted molar refractivity (Wildman–Crippen MR) is 89.8 cm³/mol. The van der Waals surface area contributed by atoms with Crippen molar-refractivity contribution >= 4 is 33.1 Å². The smallest absolute Gasteiger partial charge is 0.297 e. The maximum absolute atomic E-state index is 12.3. The summed E-state index contributed by atoms with van der Waals surface area (Å²) in [6.07, 6.45) is 3.20. The van der Waals surface area contributed by atoms with E-state index in [9.17, 15) is 14.9 Å². The molecule has 0 unspecified atom stereocenters. The number of carbonyl (C=O) groups excluding carboxylic acids is 1. The fourth-order valence-electron chi connectivity index (χ4n) is 2.29. The van der Waals surface area contributed by atoms with Crippen LogP contribution in [0.1, 0.15) is 10.5 Å². The van der Waals surface area contributed by atoms with E-state index in [1.54, 1.807) is 29.8 Å². The van der Waals surface area contributed by atoms with E-state index in [1.807, 2.05) is 0 Å². The van der Waals surface area contributed by atoms with Gasteiger partial charge in [-0.15, -0.1) is 6.58 Å². The summed E-state index contributed by atoms with van der Waals surface area (Å²) in [5, 5.41) is 14.9. The number of nitrogens with zero attached hydrogens (tertiary/aromatic N) is 5. The first-order valence-electron chi connectivity index (χ1n) is 6.97. The van der Waals surface area contributed by atoms with E-state index < -0.39 is 10.8 Å². The molecule has 1 aromatic carbocycles. The van der Waals surface area contributed by atoms with E-state index in [4.69, 9.17) is 0 Å².